The number of hydrogen-bond acceptors (Lipinski definition) is 6. The van der Waals surface area contributed by atoms with E-state index in [-0.39, 0.29) is 48.3 Å². The van der Waals surface area contributed by atoms with Crippen LogP contribution in [0.1, 0.15) is 38.5 Å². The number of rotatable bonds is 8. The van der Waals surface area contributed by atoms with E-state index in [1.54, 1.807) is 19.0 Å². The molecule has 180 valence electrons. The SMILES string of the molecule is CN(C)C(=O)CN=C(NCCCN1CCOCC1)NCC1COC2(CCCCC2)O1.I. The molecule has 0 aromatic rings. The largest absolute Gasteiger partial charge is 0.379 e. The highest BCUT2D eigenvalue weighted by atomic mass is 127. The molecular formula is C21H40IN5O4. The molecule has 2 N–H and O–H groups in total. The highest BCUT2D eigenvalue weighted by Gasteiger charge is 2.42. The fourth-order valence-electron chi connectivity index (χ4n) is 4.08. The van der Waals surface area contributed by atoms with Gasteiger partial charge in [0.05, 0.1) is 19.8 Å². The van der Waals surface area contributed by atoms with Crippen molar-refractivity contribution in [2.45, 2.75) is 50.4 Å². The topological polar surface area (TPSA) is 87.7 Å². The summed E-state index contributed by atoms with van der Waals surface area (Å²) in [5.41, 5.74) is 0. The Kier molecular flexibility index (Phi) is 11.8. The molecule has 2 aliphatic heterocycles. The fraction of sp³-hybridized carbons (Fsp3) is 0.905. The molecule has 10 heteroatoms. The van der Waals surface area contributed by atoms with E-state index in [4.69, 9.17) is 14.2 Å². The number of hydrogen-bond donors (Lipinski definition) is 2. The Morgan fingerprint density at radius 3 is 2.61 bits per heavy atom. The van der Waals surface area contributed by atoms with Crippen molar-refractivity contribution in [2.24, 2.45) is 4.99 Å². The van der Waals surface area contributed by atoms with Gasteiger partial charge in [-0.1, -0.05) is 6.42 Å². The van der Waals surface area contributed by atoms with Gasteiger partial charge in [0.25, 0.3) is 0 Å². The normalized spacial score (nSPS) is 23.9. The minimum atomic E-state index is -0.367. The molecule has 1 spiro atoms. The standard InChI is InChI=1S/C21H39N5O4.HI/c1-25(2)19(27)16-24-20(22-9-6-10-26-11-13-28-14-12-26)23-15-18-17-29-21(30-18)7-4-3-5-8-21;/h18H,3-17H2,1-2H3,(H2,22,23,24);1H. The molecular weight excluding hydrogens is 513 g/mol. The summed E-state index contributed by atoms with van der Waals surface area (Å²) in [5, 5.41) is 6.71. The molecule has 1 amide bonds. The molecule has 0 aromatic heterocycles. The van der Waals surface area contributed by atoms with Crippen molar-refractivity contribution in [1.82, 2.24) is 20.4 Å². The predicted molar refractivity (Wildman–Crippen MR) is 131 cm³/mol. The zero-order valence-electron chi connectivity index (χ0n) is 19.1. The lowest BCUT2D eigenvalue weighted by molar-refractivity contribution is -0.186. The van der Waals surface area contributed by atoms with Gasteiger partial charge in [-0.15, -0.1) is 24.0 Å². The van der Waals surface area contributed by atoms with Crippen LogP contribution in [0.2, 0.25) is 0 Å². The first-order valence-electron chi connectivity index (χ1n) is 11.4. The predicted octanol–water partition coefficient (Wildman–Crippen LogP) is 1.03. The average Bonchev–Trinajstić information content (AvgIpc) is 3.15. The second-order valence-electron chi connectivity index (χ2n) is 8.59. The number of guanidine groups is 1. The van der Waals surface area contributed by atoms with Crippen molar-refractivity contribution in [1.29, 1.82) is 0 Å². The third-order valence-electron chi connectivity index (χ3n) is 5.94. The van der Waals surface area contributed by atoms with E-state index < -0.39 is 0 Å². The van der Waals surface area contributed by atoms with Crippen molar-refractivity contribution in [3.63, 3.8) is 0 Å². The van der Waals surface area contributed by atoms with Crippen LogP contribution in [0.15, 0.2) is 4.99 Å². The van der Waals surface area contributed by atoms with Crippen LogP contribution >= 0.6 is 24.0 Å². The van der Waals surface area contributed by atoms with Gasteiger partial charge >= 0.3 is 0 Å². The van der Waals surface area contributed by atoms with Crippen LogP contribution in [0.3, 0.4) is 0 Å². The lowest BCUT2D eigenvalue weighted by atomic mass is 9.94. The van der Waals surface area contributed by atoms with Gasteiger partial charge in [-0.2, -0.15) is 0 Å². The van der Waals surface area contributed by atoms with Gasteiger partial charge in [0, 0.05) is 53.1 Å². The number of morpholine rings is 1. The monoisotopic (exact) mass is 553 g/mol. The van der Waals surface area contributed by atoms with Crippen molar-refractivity contribution >= 4 is 35.8 Å². The average molecular weight is 553 g/mol. The van der Waals surface area contributed by atoms with E-state index in [9.17, 15) is 4.79 Å². The van der Waals surface area contributed by atoms with Crippen LogP contribution in [0.4, 0.5) is 0 Å². The molecule has 0 aromatic carbocycles. The van der Waals surface area contributed by atoms with E-state index in [0.29, 0.717) is 19.1 Å². The summed E-state index contributed by atoms with van der Waals surface area (Å²) in [6, 6.07) is 0. The number of nitrogens with one attached hydrogen (secondary N) is 2. The quantitative estimate of drug-likeness (QED) is 0.201. The second-order valence-corrected chi connectivity index (χ2v) is 8.59. The maximum Gasteiger partial charge on any atom is 0.243 e. The molecule has 3 fully saturated rings. The lowest BCUT2D eigenvalue weighted by Gasteiger charge is -2.31. The van der Waals surface area contributed by atoms with Crippen LogP contribution in [0.25, 0.3) is 0 Å². The smallest absolute Gasteiger partial charge is 0.243 e. The van der Waals surface area contributed by atoms with Gasteiger partial charge in [-0.3, -0.25) is 9.69 Å². The molecule has 9 nitrogen and oxygen atoms in total. The number of nitrogens with zero attached hydrogens (tertiary/aromatic N) is 3. The van der Waals surface area contributed by atoms with E-state index in [1.165, 1.54) is 19.3 Å². The molecule has 3 aliphatic rings. The third kappa shape index (κ3) is 8.99. The second kappa shape index (κ2) is 13.8. The first kappa shape index (κ1) is 26.6. The van der Waals surface area contributed by atoms with Crippen LogP contribution in [0.5, 0.6) is 0 Å². The summed E-state index contributed by atoms with van der Waals surface area (Å²) in [4.78, 5) is 20.4. The summed E-state index contributed by atoms with van der Waals surface area (Å²) in [5.74, 6) is 0.264. The number of carbonyl (C=O) groups is 1. The van der Waals surface area contributed by atoms with Crippen LogP contribution in [-0.2, 0) is 19.0 Å². The Morgan fingerprint density at radius 1 is 1.16 bits per heavy atom. The molecule has 1 unspecified atom stereocenters. The molecule has 1 atom stereocenters. The summed E-state index contributed by atoms with van der Waals surface area (Å²) < 4.78 is 17.7. The van der Waals surface area contributed by atoms with Crippen LogP contribution in [0, 0.1) is 0 Å². The Hall–Kier alpha value is -0.690. The molecule has 3 rings (SSSR count). The van der Waals surface area contributed by atoms with E-state index in [0.717, 1.165) is 58.7 Å². The van der Waals surface area contributed by atoms with Gasteiger partial charge in [0.15, 0.2) is 11.7 Å². The van der Waals surface area contributed by atoms with Gasteiger partial charge in [-0.25, -0.2) is 4.99 Å². The molecule has 2 saturated heterocycles. The van der Waals surface area contributed by atoms with Gasteiger partial charge < -0.3 is 29.7 Å². The Balaban J connectivity index is 0.00000341. The number of likely N-dealkylation sites (N-methyl/N-ethyl adjacent to an activating group) is 1. The van der Waals surface area contributed by atoms with Gasteiger partial charge in [0.2, 0.25) is 5.91 Å². The maximum absolute atomic E-state index is 11.9. The number of amides is 1. The highest BCUT2D eigenvalue weighted by Crippen LogP contribution is 2.37. The highest BCUT2D eigenvalue weighted by molar-refractivity contribution is 14.0. The molecule has 0 radical (unpaired) electrons. The van der Waals surface area contributed by atoms with Crippen molar-refractivity contribution in [2.75, 3.05) is 73.2 Å². The molecule has 1 aliphatic carbocycles. The van der Waals surface area contributed by atoms with Crippen molar-refractivity contribution < 1.29 is 19.0 Å². The molecule has 0 bridgehead atoms. The minimum absolute atomic E-state index is 0. The number of halogens is 1. The van der Waals surface area contributed by atoms with Crippen molar-refractivity contribution in [3.05, 3.63) is 0 Å². The third-order valence-corrected chi connectivity index (χ3v) is 5.94. The number of carbonyl (C=O) groups excluding carboxylic acids is 1. The minimum Gasteiger partial charge on any atom is -0.379 e. The Morgan fingerprint density at radius 2 is 1.90 bits per heavy atom. The van der Waals surface area contributed by atoms with Crippen LogP contribution < -0.4 is 10.6 Å². The van der Waals surface area contributed by atoms with Crippen molar-refractivity contribution in [3.8, 4) is 0 Å². The van der Waals surface area contributed by atoms with Crippen LogP contribution in [-0.4, -0.2) is 107 Å². The summed E-state index contributed by atoms with van der Waals surface area (Å²) in [7, 11) is 3.49. The first-order valence-corrected chi connectivity index (χ1v) is 11.4. The molecule has 2 heterocycles. The van der Waals surface area contributed by atoms with E-state index in [2.05, 4.69) is 20.5 Å². The zero-order valence-corrected chi connectivity index (χ0v) is 21.4. The van der Waals surface area contributed by atoms with Gasteiger partial charge in [-0.05, 0) is 25.8 Å². The summed E-state index contributed by atoms with van der Waals surface area (Å²) >= 11 is 0. The lowest BCUT2D eigenvalue weighted by Crippen LogP contribution is -2.44. The summed E-state index contributed by atoms with van der Waals surface area (Å²) in [6.07, 6.45) is 6.60. The molecule has 1 saturated carbocycles. The number of ether oxygens (including phenoxy) is 3. The van der Waals surface area contributed by atoms with E-state index in [1.807, 2.05) is 0 Å². The molecule has 31 heavy (non-hydrogen) atoms. The fourth-order valence-corrected chi connectivity index (χ4v) is 4.08. The van der Waals surface area contributed by atoms with E-state index >= 15 is 0 Å². The number of aliphatic imine (C=N–C) groups is 1. The first-order chi connectivity index (χ1) is 14.6. The Labute approximate surface area is 203 Å². The summed E-state index contributed by atoms with van der Waals surface area (Å²) in [6.45, 7) is 6.81. The zero-order chi connectivity index (χ0) is 21.2. The maximum atomic E-state index is 11.9. The van der Waals surface area contributed by atoms with Gasteiger partial charge in [0.1, 0.15) is 12.6 Å². The Bertz CT molecular complexity index is 566.